The molecule has 0 radical (unpaired) electrons. The lowest BCUT2D eigenvalue weighted by atomic mass is 9.98. The van der Waals surface area contributed by atoms with Crippen molar-refractivity contribution in [2.45, 2.75) is 31.7 Å². The second kappa shape index (κ2) is 5.87. The molecule has 1 aromatic rings. The monoisotopic (exact) mass is 296 g/mol. The largest absolute Gasteiger partial charge is 0.377 e. The van der Waals surface area contributed by atoms with Gasteiger partial charge in [0.25, 0.3) is 0 Å². The summed E-state index contributed by atoms with van der Waals surface area (Å²) in [6, 6.07) is 7.37. The molecule has 0 aromatic heterocycles. The molecule has 17 heavy (non-hydrogen) atoms. The summed E-state index contributed by atoms with van der Waals surface area (Å²) in [4.78, 5) is 2.13. The van der Waals surface area contributed by atoms with Crippen molar-refractivity contribution < 1.29 is 0 Å². The molecule has 2 nitrogen and oxygen atoms in total. The highest BCUT2D eigenvalue weighted by Gasteiger charge is 2.13. The van der Waals surface area contributed by atoms with Gasteiger partial charge in [-0.1, -0.05) is 12.5 Å². The molecule has 1 unspecified atom stereocenters. The Morgan fingerprint density at radius 1 is 1.35 bits per heavy atom. The van der Waals surface area contributed by atoms with Crippen LogP contribution < -0.4 is 10.2 Å². The van der Waals surface area contributed by atoms with Gasteiger partial charge in [-0.15, -0.1) is 0 Å². The number of rotatable bonds is 3. The van der Waals surface area contributed by atoms with Crippen LogP contribution >= 0.6 is 15.9 Å². The van der Waals surface area contributed by atoms with Crippen molar-refractivity contribution in [1.29, 1.82) is 0 Å². The fourth-order valence-corrected chi connectivity index (χ4v) is 3.20. The van der Waals surface area contributed by atoms with Crippen molar-refractivity contribution in [1.82, 2.24) is 5.32 Å². The van der Waals surface area contributed by atoms with Crippen LogP contribution in [-0.2, 0) is 6.42 Å². The van der Waals surface area contributed by atoms with Crippen LogP contribution in [0.25, 0.3) is 0 Å². The van der Waals surface area contributed by atoms with E-state index >= 15 is 0 Å². The number of nitrogens with zero attached hydrogens (tertiary/aromatic N) is 1. The first-order chi connectivity index (χ1) is 8.16. The van der Waals surface area contributed by atoms with Crippen LogP contribution in [0.2, 0.25) is 0 Å². The van der Waals surface area contributed by atoms with Gasteiger partial charge in [-0.3, -0.25) is 0 Å². The minimum absolute atomic E-state index is 0.667. The number of piperidine rings is 1. The summed E-state index contributed by atoms with van der Waals surface area (Å²) in [5.74, 6) is 0. The Hall–Kier alpha value is -0.540. The smallest absolute Gasteiger partial charge is 0.0505 e. The van der Waals surface area contributed by atoms with Gasteiger partial charge >= 0.3 is 0 Å². The van der Waals surface area contributed by atoms with E-state index in [1.165, 1.54) is 41.5 Å². The lowest BCUT2D eigenvalue weighted by Crippen LogP contribution is -2.35. The maximum Gasteiger partial charge on any atom is 0.0505 e. The predicted molar refractivity (Wildman–Crippen MR) is 77.8 cm³/mol. The average molecular weight is 297 g/mol. The van der Waals surface area contributed by atoms with Gasteiger partial charge in [-0.25, -0.2) is 0 Å². The molecule has 1 N–H and O–H groups in total. The summed E-state index contributed by atoms with van der Waals surface area (Å²) in [7, 11) is 4.14. The van der Waals surface area contributed by atoms with E-state index in [-0.39, 0.29) is 0 Å². The summed E-state index contributed by atoms with van der Waals surface area (Å²) < 4.78 is 1.19. The first-order valence-corrected chi connectivity index (χ1v) is 7.15. The van der Waals surface area contributed by atoms with Gasteiger partial charge in [0.05, 0.1) is 5.69 Å². The number of nitrogens with one attached hydrogen (secondary N) is 1. The van der Waals surface area contributed by atoms with Crippen LogP contribution in [0.3, 0.4) is 0 Å². The molecule has 1 heterocycles. The van der Waals surface area contributed by atoms with Gasteiger partial charge in [0.15, 0.2) is 0 Å². The maximum atomic E-state index is 3.65. The van der Waals surface area contributed by atoms with E-state index < -0.39 is 0 Å². The van der Waals surface area contributed by atoms with Crippen molar-refractivity contribution in [3.05, 3.63) is 28.2 Å². The van der Waals surface area contributed by atoms with Gasteiger partial charge in [-0.2, -0.15) is 0 Å². The van der Waals surface area contributed by atoms with Crippen molar-refractivity contribution >= 4 is 21.6 Å². The first-order valence-electron chi connectivity index (χ1n) is 6.36. The second-order valence-electron chi connectivity index (χ2n) is 5.03. The van der Waals surface area contributed by atoms with Gasteiger partial charge in [0.2, 0.25) is 0 Å². The molecule has 0 saturated carbocycles. The zero-order valence-corrected chi connectivity index (χ0v) is 12.3. The third kappa shape index (κ3) is 3.46. The number of anilines is 1. The molecule has 1 aromatic carbocycles. The lowest BCUT2D eigenvalue weighted by molar-refractivity contribution is 0.399. The molecule has 94 valence electrons. The van der Waals surface area contributed by atoms with Gasteiger partial charge in [0, 0.05) is 24.6 Å². The number of benzene rings is 1. The van der Waals surface area contributed by atoms with E-state index in [1.807, 2.05) is 0 Å². The Morgan fingerprint density at radius 3 is 2.76 bits per heavy atom. The van der Waals surface area contributed by atoms with Crippen LogP contribution in [0, 0.1) is 0 Å². The normalized spacial score (nSPS) is 20.3. The molecule has 1 saturated heterocycles. The van der Waals surface area contributed by atoms with E-state index in [0.717, 1.165) is 6.42 Å². The summed E-state index contributed by atoms with van der Waals surface area (Å²) >= 11 is 3.65. The highest BCUT2D eigenvalue weighted by atomic mass is 79.9. The minimum Gasteiger partial charge on any atom is -0.377 e. The summed E-state index contributed by atoms with van der Waals surface area (Å²) in [5, 5.41) is 3.60. The van der Waals surface area contributed by atoms with Crippen molar-refractivity contribution in [2.75, 3.05) is 25.5 Å². The van der Waals surface area contributed by atoms with Crippen LogP contribution in [0.15, 0.2) is 22.7 Å². The Labute approximate surface area is 113 Å². The molecule has 0 amide bonds. The Bertz CT molecular complexity index is 370. The van der Waals surface area contributed by atoms with Crippen LogP contribution in [0.5, 0.6) is 0 Å². The van der Waals surface area contributed by atoms with Crippen LogP contribution in [0.1, 0.15) is 24.8 Å². The molecule has 0 spiro atoms. The second-order valence-corrected chi connectivity index (χ2v) is 5.89. The molecular weight excluding hydrogens is 276 g/mol. The number of halogens is 1. The van der Waals surface area contributed by atoms with Crippen molar-refractivity contribution in [3.8, 4) is 0 Å². The number of hydrogen-bond donors (Lipinski definition) is 1. The molecule has 1 fully saturated rings. The van der Waals surface area contributed by atoms with Crippen molar-refractivity contribution in [2.24, 2.45) is 0 Å². The molecule has 1 aliphatic heterocycles. The summed E-state index contributed by atoms with van der Waals surface area (Å²) in [6.07, 6.45) is 5.16. The third-order valence-corrected chi connectivity index (χ3v) is 4.02. The fourth-order valence-electron chi connectivity index (χ4n) is 2.42. The topological polar surface area (TPSA) is 15.3 Å². The molecule has 0 aliphatic carbocycles. The predicted octanol–water partition coefficient (Wildman–Crippen LogP) is 3.20. The van der Waals surface area contributed by atoms with Crippen molar-refractivity contribution in [3.63, 3.8) is 0 Å². The first kappa shape index (κ1) is 12.9. The highest BCUT2D eigenvalue weighted by Crippen LogP contribution is 2.26. The summed E-state index contributed by atoms with van der Waals surface area (Å²) in [6.45, 7) is 1.18. The fraction of sp³-hybridized carbons (Fsp3) is 0.571. The zero-order valence-electron chi connectivity index (χ0n) is 10.7. The Kier molecular flexibility index (Phi) is 4.46. The minimum atomic E-state index is 0.667. The van der Waals surface area contributed by atoms with Gasteiger partial charge in [0.1, 0.15) is 0 Å². The molecule has 2 rings (SSSR count). The van der Waals surface area contributed by atoms with E-state index in [0.29, 0.717) is 6.04 Å². The highest BCUT2D eigenvalue weighted by molar-refractivity contribution is 9.10. The Balaban J connectivity index is 2.04. The maximum absolute atomic E-state index is 3.65. The van der Waals surface area contributed by atoms with E-state index in [4.69, 9.17) is 0 Å². The average Bonchev–Trinajstić information content (AvgIpc) is 2.30. The number of hydrogen-bond acceptors (Lipinski definition) is 2. The van der Waals surface area contributed by atoms with Gasteiger partial charge in [-0.05, 0) is 59.4 Å². The van der Waals surface area contributed by atoms with Gasteiger partial charge < -0.3 is 10.2 Å². The quantitative estimate of drug-likeness (QED) is 0.921. The van der Waals surface area contributed by atoms with E-state index in [9.17, 15) is 0 Å². The van der Waals surface area contributed by atoms with Crippen LogP contribution in [0.4, 0.5) is 5.69 Å². The standard InChI is InChI=1S/C14H21BrN2/c1-17(2)14-7-6-11(10-13(14)15)9-12-5-3-4-8-16-12/h6-7,10,12,16H,3-5,8-9H2,1-2H3. The summed E-state index contributed by atoms with van der Waals surface area (Å²) in [5.41, 5.74) is 2.66. The molecule has 3 heteroatoms. The third-order valence-electron chi connectivity index (χ3n) is 3.39. The molecular formula is C14H21BrN2. The molecule has 0 bridgehead atoms. The molecule has 1 atom stereocenters. The Morgan fingerprint density at radius 2 is 2.18 bits per heavy atom. The van der Waals surface area contributed by atoms with E-state index in [2.05, 4.69) is 58.4 Å². The molecule has 1 aliphatic rings. The van der Waals surface area contributed by atoms with Crippen LogP contribution in [-0.4, -0.2) is 26.7 Å². The lowest BCUT2D eigenvalue weighted by Gasteiger charge is -2.24. The zero-order chi connectivity index (χ0) is 12.3. The van der Waals surface area contributed by atoms with E-state index in [1.54, 1.807) is 0 Å². The SMILES string of the molecule is CN(C)c1ccc(CC2CCCCN2)cc1Br.